The van der Waals surface area contributed by atoms with Gasteiger partial charge in [0, 0.05) is 13.1 Å². The fraction of sp³-hybridized carbons (Fsp3) is 0.381. The summed E-state index contributed by atoms with van der Waals surface area (Å²) in [6, 6.07) is 15.7. The van der Waals surface area contributed by atoms with Gasteiger partial charge in [0.25, 0.3) is 5.91 Å². The van der Waals surface area contributed by atoms with E-state index in [0.29, 0.717) is 25.3 Å². The van der Waals surface area contributed by atoms with Gasteiger partial charge in [-0.1, -0.05) is 50.1 Å². The fourth-order valence-electron chi connectivity index (χ4n) is 2.58. The van der Waals surface area contributed by atoms with Crippen LogP contribution in [0.2, 0.25) is 0 Å². The SMILES string of the molecule is CCCCCNC(=O)COc1ccc(S(=O)(=O)NCCc2ccccc2)cc1. The number of amides is 1. The van der Waals surface area contributed by atoms with Gasteiger partial charge in [0.05, 0.1) is 4.90 Å². The minimum absolute atomic E-state index is 0.0897. The van der Waals surface area contributed by atoms with Crippen molar-refractivity contribution in [2.75, 3.05) is 19.7 Å². The third-order valence-electron chi connectivity index (χ3n) is 4.16. The summed E-state index contributed by atoms with van der Waals surface area (Å²) >= 11 is 0. The topological polar surface area (TPSA) is 84.5 Å². The van der Waals surface area contributed by atoms with Gasteiger partial charge in [-0.2, -0.15) is 0 Å². The average molecular weight is 405 g/mol. The summed E-state index contributed by atoms with van der Waals surface area (Å²) in [6.45, 7) is 2.98. The second-order valence-corrected chi connectivity index (χ2v) is 8.22. The molecular formula is C21H28N2O4S. The Bertz CT molecular complexity index is 821. The molecule has 6 nitrogen and oxygen atoms in total. The van der Waals surface area contributed by atoms with Crippen molar-refractivity contribution >= 4 is 15.9 Å². The summed E-state index contributed by atoms with van der Waals surface area (Å²) in [5.74, 6) is 0.266. The normalized spacial score (nSPS) is 11.2. The van der Waals surface area contributed by atoms with Crippen LogP contribution in [0.25, 0.3) is 0 Å². The van der Waals surface area contributed by atoms with Gasteiger partial charge in [0.1, 0.15) is 5.75 Å². The van der Waals surface area contributed by atoms with Crippen LogP contribution < -0.4 is 14.8 Å². The summed E-state index contributed by atoms with van der Waals surface area (Å²) in [5.41, 5.74) is 1.07. The van der Waals surface area contributed by atoms with E-state index >= 15 is 0 Å². The molecule has 0 aliphatic carbocycles. The Morgan fingerprint density at radius 1 is 0.964 bits per heavy atom. The van der Waals surface area contributed by atoms with Crippen LogP contribution in [-0.4, -0.2) is 34.0 Å². The van der Waals surface area contributed by atoms with E-state index in [2.05, 4.69) is 17.0 Å². The van der Waals surface area contributed by atoms with Gasteiger partial charge in [0.2, 0.25) is 10.0 Å². The Hall–Kier alpha value is -2.38. The van der Waals surface area contributed by atoms with Crippen LogP contribution in [0.4, 0.5) is 0 Å². The molecule has 2 aromatic rings. The molecule has 0 atom stereocenters. The van der Waals surface area contributed by atoms with Crippen molar-refractivity contribution in [3.63, 3.8) is 0 Å². The molecule has 152 valence electrons. The summed E-state index contributed by atoms with van der Waals surface area (Å²) in [4.78, 5) is 11.9. The lowest BCUT2D eigenvalue weighted by molar-refractivity contribution is -0.123. The predicted octanol–water partition coefficient (Wildman–Crippen LogP) is 2.89. The summed E-state index contributed by atoms with van der Waals surface area (Å²) in [7, 11) is -3.58. The number of ether oxygens (including phenoxy) is 1. The van der Waals surface area contributed by atoms with Gasteiger partial charge in [-0.25, -0.2) is 13.1 Å². The molecule has 2 rings (SSSR count). The van der Waals surface area contributed by atoms with Crippen molar-refractivity contribution < 1.29 is 17.9 Å². The van der Waals surface area contributed by atoms with Crippen LogP contribution in [0, 0.1) is 0 Å². The number of carbonyl (C=O) groups is 1. The summed E-state index contributed by atoms with van der Waals surface area (Å²) < 4.78 is 32.7. The fourth-order valence-corrected chi connectivity index (χ4v) is 3.61. The molecule has 0 saturated carbocycles. The van der Waals surface area contributed by atoms with Crippen molar-refractivity contribution in [3.8, 4) is 5.75 Å². The first kappa shape index (κ1) is 21.9. The van der Waals surface area contributed by atoms with Gasteiger partial charge in [-0.15, -0.1) is 0 Å². The largest absolute Gasteiger partial charge is 0.484 e. The maximum atomic E-state index is 12.4. The zero-order valence-electron chi connectivity index (χ0n) is 16.2. The number of hydrogen-bond donors (Lipinski definition) is 2. The highest BCUT2D eigenvalue weighted by molar-refractivity contribution is 7.89. The summed E-state index contributed by atoms with van der Waals surface area (Å²) in [5, 5.41) is 2.79. The molecule has 2 N–H and O–H groups in total. The number of nitrogens with one attached hydrogen (secondary N) is 2. The molecule has 0 aromatic heterocycles. The Balaban J connectivity index is 1.77. The van der Waals surface area contributed by atoms with Crippen LogP contribution in [-0.2, 0) is 21.2 Å². The van der Waals surface area contributed by atoms with Crippen molar-refractivity contribution in [2.24, 2.45) is 0 Å². The lowest BCUT2D eigenvalue weighted by Gasteiger charge is -2.09. The monoisotopic (exact) mass is 404 g/mol. The minimum atomic E-state index is -3.58. The number of hydrogen-bond acceptors (Lipinski definition) is 4. The molecule has 0 radical (unpaired) electrons. The quantitative estimate of drug-likeness (QED) is 0.533. The van der Waals surface area contributed by atoms with Gasteiger partial charge >= 0.3 is 0 Å². The maximum absolute atomic E-state index is 12.4. The van der Waals surface area contributed by atoms with Crippen LogP contribution >= 0.6 is 0 Å². The third kappa shape index (κ3) is 7.70. The van der Waals surface area contributed by atoms with E-state index in [1.165, 1.54) is 12.1 Å². The number of unbranched alkanes of at least 4 members (excludes halogenated alkanes) is 2. The zero-order valence-corrected chi connectivity index (χ0v) is 17.0. The van der Waals surface area contributed by atoms with Gasteiger partial charge in [-0.3, -0.25) is 4.79 Å². The van der Waals surface area contributed by atoms with Crippen molar-refractivity contribution in [1.82, 2.24) is 10.0 Å². The van der Waals surface area contributed by atoms with E-state index in [1.54, 1.807) is 12.1 Å². The molecule has 2 aromatic carbocycles. The Kier molecular flexibility index (Phi) is 8.97. The molecule has 0 bridgehead atoms. The molecule has 0 aliphatic rings. The molecule has 0 unspecified atom stereocenters. The van der Waals surface area contributed by atoms with E-state index in [9.17, 15) is 13.2 Å². The number of carbonyl (C=O) groups excluding carboxylic acids is 1. The third-order valence-corrected chi connectivity index (χ3v) is 5.63. The lowest BCUT2D eigenvalue weighted by Crippen LogP contribution is -2.29. The van der Waals surface area contributed by atoms with E-state index in [0.717, 1.165) is 24.8 Å². The Labute approximate surface area is 167 Å². The molecule has 0 saturated heterocycles. The van der Waals surface area contributed by atoms with E-state index in [4.69, 9.17) is 4.74 Å². The maximum Gasteiger partial charge on any atom is 0.257 e. The van der Waals surface area contributed by atoms with Crippen LogP contribution in [0.3, 0.4) is 0 Å². The van der Waals surface area contributed by atoms with E-state index < -0.39 is 10.0 Å². The van der Waals surface area contributed by atoms with Gasteiger partial charge in [-0.05, 0) is 42.7 Å². The van der Waals surface area contributed by atoms with E-state index in [1.807, 2.05) is 30.3 Å². The predicted molar refractivity (Wildman–Crippen MR) is 110 cm³/mol. The van der Waals surface area contributed by atoms with Crippen molar-refractivity contribution in [3.05, 3.63) is 60.2 Å². The van der Waals surface area contributed by atoms with Gasteiger partial charge in [0.15, 0.2) is 6.61 Å². The number of rotatable bonds is 12. The second kappa shape index (κ2) is 11.5. The zero-order chi connectivity index (χ0) is 20.2. The first-order valence-electron chi connectivity index (χ1n) is 9.54. The Morgan fingerprint density at radius 3 is 2.36 bits per heavy atom. The lowest BCUT2D eigenvalue weighted by atomic mass is 10.2. The van der Waals surface area contributed by atoms with E-state index in [-0.39, 0.29) is 17.4 Å². The molecule has 0 spiro atoms. The second-order valence-electron chi connectivity index (χ2n) is 6.45. The van der Waals surface area contributed by atoms with Gasteiger partial charge < -0.3 is 10.1 Å². The highest BCUT2D eigenvalue weighted by atomic mass is 32.2. The average Bonchev–Trinajstić information content (AvgIpc) is 2.71. The summed E-state index contributed by atoms with van der Waals surface area (Å²) in [6.07, 6.45) is 3.75. The molecule has 28 heavy (non-hydrogen) atoms. The smallest absolute Gasteiger partial charge is 0.257 e. The number of benzene rings is 2. The first-order valence-corrected chi connectivity index (χ1v) is 11.0. The molecule has 1 amide bonds. The molecule has 7 heteroatoms. The molecular weight excluding hydrogens is 376 g/mol. The van der Waals surface area contributed by atoms with Crippen molar-refractivity contribution in [1.29, 1.82) is 0 Å². The first-order chi connectivity index (χ1) is 13.5. The number of sulfonamides is 1. The van der Waals surface area contributed by atoms with Crippen LogP contribution in [0.1, 0.15) is 31.7 Å². The molecule has 0 aliphatic heterocycles. The molecule has 0 fully saturated rings. The Morgan fingerprint density at radius 2 is 1.68 bits per heavy atom. The minimum Gasteiger partial charge on any atom is -0.484 e. The van der Waals surface area contributed by atoms with Crippen LogP contribution in [0.5, 0.6) is 5.75 Å². The van der Waals surface area contributed by atoms with Crippen molar-refractivity contribution in [2.45, 2.75) is 37.5 Å². The molecule has 0 heterocycles. The highest BCUT2D eigenvalue weighted by Crippen LogP contribution is 2.16. The van der Waals surface area contributed by atoms with Crippen LogP contribution in [0.15, 0.2) is 59.5 Å². The highest BCUT2D eigenvalue weighted by Gasteiger charge is 2.13. The standard InChI is InChI=1S/C21H28N2O4S/c1-2-3-7-15-22-21(24)17-27-19-10-12-20(13-11-19)28(25,26)23-16-14-18-8-5-4-6-9-18/h4-6,8-13,23H,2-3,7,14-17H2,1H3,(H,22,24).